The molecule has 0 aliphatic carbocycles. The molecule has 1 fully saturated rings. The van der Waals surface area contributed by atoms with Crippen molar-refractivity contribution in [2.45, 2.75) is 6.18 Å². The summed E-state index contributed by atoms with van der Waals surface area (Å²) >= 11 is 0. The fraction of sp³-hybridized carbons (Fsp3) is 0.294. The van der Waals surface area contributed by atoms with Crippen molar-refractivity contribution in [2.75, 3.05) is 31.1 Å². The first-order valence-corrected chi connectivity index (χ1v) is 7.63. The Kier molecular flexibility index (Phi) is 4.42. The highest BCUT2D eigenvalue weighted by Gasteiger charge is 2.33. The summed E-state index contributed by atoms with van der Waals surface area (Å²) in [5, 5.41) is 0. The molecule has 0 spiro atoms. The van der Waals surface area contributed by atoms with Crippen molar-refractivity contribution in [1.29, 1.82) is 0 Å². The van der Waals surface area contributed by atoms with Crippen molar-refractivity contribution in [1.82, 2.24) is 4.90 Å². The molecule has 0 unspecified atom stereocenters. The van der Waals surface area contributed by atoms with Crippen molar-refractivity contribution in [3.05, 3.63) is 59.8 Å². The number of hydrogen-bond donors (Lipinski definition) is 0. The van der Waals surface area contributed by atoms with Crippen LogP contribution >= 0.6 is 0 Å². The first-order valence-electron chi connectivity index (χ1n) is 7.63. The van der Waals surface area contributed by atoms with E-state index in [9.17, 15) is 18.0 Å². The largest absolute Gasteiger partial charge is 0.419 e. The molecule has 4 nitrogen and oxygen atoms in total. The van der Waals surface area contributed by atoms with Crippen LogP contribution in [-0.4, -0.2) is 37.0 Å². The summed E-state index contributed by atoms with van der Waals surface area (Å²) in [6.07, 6.45) is -3.38. The predicted octanol–water partition coefficient (Wildman–Crippen LogP) is 2.48. The molecule has 3 rings (SSSR count). The number of carbonyl (C=O) groups is 1. The molecule has 1 aromatic heterocycles. The third-order valence-corrected chi connectivity index (χ3v) is 4.05. The van der Waals surface area contributed by atoms with E-state index in [0.29, 0.717) is 37.6 Å². The second kappa shape index (κ2) is 6.51. The van der Waals surface area contributed by atoms with Gasteiger partial charge in [-0.3, -0.25) is 9.69 Å². The van der Waals surface area contributed by atoms with E-state index in [-0.39, 0.29) is 5.91 Å². The van der Waals surface area contributed by atoms with Gasteiger partial charge in [0.1, 0.15) is 19.3 Å². The maximum Gasteiger partial charge on any atom is 0.419 e. The van der Waals surface area contributed by atoms with E-state index >= 15 is 0 Å². The number of H-pyrrole nitrogens is 1. The minimum absolute atomic E-state index is 0.0216. The summed E-state index contributed by atoms with van der Waals surface area (Å²) in [4.78, 5) is 18.8. The number of halogens is 3. The second-order valence-electron chi connectivity index (χ2n) is 5.61. The van der Waals surface area contributed by atoms with Crippen molar-refractivity contribution < 1.29 is 22.9 Å². The molecule has 126 valence electrons. The Labute approximate surface area is 137 Å². The van der Waals surface area contributed by atoms with Crippen molar-refractivity contribution in [3.8, 4) is 0 Å². The topological polar surface area (TPSA) is 37.7 Å². The number of aromatic amines is 1. The molecule has 7 heteroatoms. The Morgan fingerprint density at radius 2 is 1.62 bits per heavy atom. The quantitative estimate of drug-likeness (QED) is 0.845. The number of hydrogen-bond acceptors (Lipinski definition) is 2. The zero-order valence-corrected chi connectivity index (χ0v) is 12.9. The van der Waals surface area contributed by atoms with E-state index in [2.05, 4.69) is 4.98 Å². The number of benzene rings is 1. The molecule has 1 N–H and O–H groups in total. The first kappa shape index (κ1) is 16.3. The van der Waals surface area contributed by atoms with Gasteiger partial charge in [-0.25, -0.2) is 4.98 Å². The zero-order valence-electron chi connectivity index (χ0n) is 12.9. The molecule has 1 aliphatic rings. The standard InChI is InChI=1S/C17H16F3N3O/c18-17(19,20)14-6-7-15(21-12-14)22-8-10-23(11-9-22)16(24)13-4-2-1-3-5-13/h1-7,12H,8-11H2/p+1. The highest BCUT2D eigenvalue weighted by atomic mass is 19.4. The van der Waals surface area contributed by atoms with Crippen LogP contribution in [0.1, 0.15) is 15.9 Å². The van der Waals surface area contributed by atoms with Gasteiger partial charge in [-0.05, 0) is 18.2 Å². The number of carbonyl (C=O) groups excluding carboxylic acids is 1. The Balaban J connectivity index is 1.62. The molecule has 0 bridgehead atoms. The van der Waals surface area contributed by atoms with Crippen molar-refractivity contribution >= 4 is 11.7 Å². The summed E-state index contributed by atoms with van der Waals surface area (Å²) < 4.78 is 37.8. The van der Waals surface area contributed by atoms with Crippen LogP contribution < -0.4 is 9.88 Å². The number of anilines is 1. The summed E-state index contributed by atoms with van der Waals surface area (Å²) in [5.41, 5.74) is -0.0591. The zero-order chi connectivity index (χ0) is 17.2. The van der Waals surface area contributed by atoms with Crippen LogP contribution in [-0.2, 0) is 6.18 Å². The molecule has 0 radical (unpaired) electrons. The lowest BCUT2D eigenvalue weighted by atomic mass is 10.2. The number of rotatable bonds is 2. The number of amides is 1. The summed E-state index contributed by atoms with van der Waals surface area (Å²) in [6, 6.07) is 11.5. The molecule has 1 aromatic carbocycles. The molecule has 2 aromatic rings. The van der Waals surface area contributed by atoms with E-state index in [1.165, 1.54) is 6.07 Å². The lowest BCUT2D eigenvalue weighted by Gasteiger charge is -2.31. The average Bonchev–Trinajstić information content (AvgIpc) is 2.61. The molecule has 2 heterocycles. The Morgan fingerprint density at radius 1 is 0.958 bits per heavy atom. The van der Waals surface area contributed by atoms with Gasteiger partial charge in [0, 0.05) is 11.6 Å². The molecule has 1 aliphatic heterocycles. The molecular weight excluding hydrogens is 319 g/mol. The summed E-state index contributed by atoms with van der Waals surface area (Å²) in [7, 11) is 0. The molecule has 1 saturated heterocycles. The van der Waals surface area contributed by atoms with Gasteiger partial charge in [-0.2, -0.15) is 13.2 Å². The highest BCUT2D eigenvalue weighted by molar-refractivity contribution is 5.94. The van der Waals surface area contributed by atoms with Crippen LogP contribution in [0.25, 0.3) is 0 Å². The van der Waals surface area contributed by atoms with Crippen LogP contribution in [0.2, 0.25) is 0 Å². The van der Waals surface area contributed by atoms with Gasteiger partial charge < -0.3 is 4.90 Å². The smallest absolute Gasteiger partial charge is 0.331 e. The van der Waals surface area contributed by atoms with Gasteiger partial charge in [0.2, 0.25) is 0 Å². The normalized spacial score (nSPS) is 15.5. The van der Waals surface area contributed by atoms with Crippen molar-refractivity contribution in [3.63, 3.8) is 0 Å². The van der Waals surface area contributed by atoms with Gasteiger partial charge in [-0.1, -0.05) is 18.2 Å². The Morgan fingerprint density at radius 3 is 2.17 bits per heavy atom. The summed E-state index contributed by atoms with van der Waals surface area (Å²) in [5.74, 6) is 0.599. The van der Waals surface area contributed by atoms with Gasteiger partial charge in [0.15, 0.2) is 0 Å². The number of nitrogens with one attached hydrogen (secondary N) is 1. The SMILES string of the molecule is O=C(c1ccccc1)N1CCN(c2ccc(C(F)(F)F)c[nH+]2)CC1. The lowest BCUT2D eigenvalue weighted by molar-refractivity contribution is -0.367. The van der Waals surface area contributed by atoms with Crippen LogP contribution in [0, 0.1) is 0 Å². The minimum atomic E-state index is -4.35. The van der Waals surface area contributed by atoms with Crippen LogP contribution in [0.5, 0.6) is 0 Å². The third kappa shape index (κ3) is 3.50. The van der Waals surface area contributed by atoms with E-state index in [1.54, 1.807) is 17.0 Å². The monoisotopic (exact) mass is 336 g/mol. The van der Waals surface area contributed by atoms with Crippen molar-refractivity contribution in [2.24, 2.45) is 0 Å². The maximum absolute atomic E-state index is 12.6. The molecular formula is C17H17F3N3O+. The number of piperazine rings is 1. The summed E-state index contributed by atoms with van der Waals surface area (Å²) in [6.45, 7) is 2.20. The molecule has 1 amide bonds. The minimum Gasteiger partial charge on any atom is -0.331 e. The van der Waals surface area contributed by atoms with E-state index < -0.39 is 11.7 Å². The number of pyridine rings is 1. The number of nitrogens with zero attached hydrogens (tertiary/aromatic N) is 2. The second-order valence-corrected chi connectivity index (χ2v) is 5.61. The number of alkyl halides is 3. The van der Waals surface area contributed by atoms with Gasteiger partial charge in [-0.15, -0.1) is 0 Å². The fourth-order valence-corrected chi connectivity index (χ4v) is 2.70. The fourth-order valence-electron chi connectivity index (χ4n) is 2.70. The van der Waals surface area contributed by atoms with Gasteiger partial charge in [0.05, 0.1) is 18.7 Å². The predicted molar refractivity (Wildman–Crippen MR) is 82.6 cm³/mol. The van der Waals surface area contributed by atoms with Crippen LogP contribution in [0.3, 0.4) is 0 Å². The molecule has 24 heavy (non-hydrogen) atoms. The lowest BCUT2D eigenvalue weighted by Crippen LogP contribution is -2.50. The average molecular weight is 336 g/mol. The molecule has 0 saturated carbocycles. The van der Waals surface area contributed by atoms with E-state index in [1.807, 2.05) is 23.1 Å². The Hall–Kier alpha value is -2.57. The van der Waals surface area contributed by atoms with Crippen LogP contribution in [0.15, 0.2) is 48.7 Å². The van der Waals surface area contributed by atoms with Gasteiger partial charge in [0.25, 0.3) is 11.7 Å². The van der Waals surface area contributed by atoms with E-state index in [0.717, 1.165) is 12.3 Å². The van der Waals surface area contributed by atoms with E-state index in [4.69, 9.17) is 0 Å². The number of aromatic nitrogens is 1. The highest BCUT2D eigenvalue weighted by Crippen LogP contribution is 2.28. The first-order chi connectivity index (χ1) is 11.4. The molecule has 0 atom stereocenters. The third-order valence-electron chi connectivity index (χ3n) is 4.05. The Bertz CT molecular complexity index is 693. The van der Waals surface area contributed by atoms with Crippen LogP contribution in [0.4, 0.5) is 19.0 Å². The van der Waals surface area contributed by atoms with Gasteiger partial charge >= 0.3 is 6.18 Å². The maximum atomic E-state index is 12.6.